The molecule has 0 aliphatic rings. The standard InChI is InChI=1S/C13H23N3O4S/c1-5-7-8-16(9(3)6-2)21(19,20)12-10(4)14-15-11(12)13(17)18/h9H,5-8H2,1-4H3,(H,14,15)(H,17,18). The number of rotatable bonds is 8. The third-order valence-electron chi connectivity index (χ3n) is 3.47. The van der Waals surface area contributed by atoms with E-state index >= 15 is 0 Å². The predicted octanol–water partition coefficient (Wildman–Crippen LogP) is 2.01. The zero-order chi connectivity index (χ0) is 16.2. The molecule has 1 atom stereocenters. The van der Waals surface area contributed by atoms with Crippen LogP contribution >= 0.6 is 0 Å². The normalized spacial score (nSPS) is 13.6. The highest BCUT2D eigenvalue weighted by atomic mass is 32.2. The Hall–Kier alpha value is -1.41. The molecule has 0 saturated heterocycles. The van der Waals surface area contributed by atoms with Gasteiger partial charge in [-0.25, -0.2) is 13.2 Å². The molecule has 1 rings (SSSR count). The molecule has 1 aromatic rings. The molecule has 2 N–H and O–H groups in total. The Balaban J connectivity index is 3.35. The smallest absolute Gasteiger partial charge is 0.357 e. The van der Waals surface area contributed by atoms with Crippen molar-refractivity contribution in [2.45, 2.75) is 57.9 Å². The van der Waals surface area contributed by atoms with Gasteiger partial charge in [-0.15, -0.1) is 0 Å². The Bertz CT molecular complexity index is 595. The predicted molar refractivity (Wildman–Crippen MR) is 78.8 cm³/mol. The first-order valence-corrected chi connectivity index (χ1v) is 8.51. The Morgan fingerprint density at radius 3 is 2.52 bits per heavy atom. The van der Waals surface area contributed by atoms with Gasteiger partial charge in [0.05, 0.1) is 5.69 Å². The van der Waals surface area contributed by atoms with E-state index in [1.165, 1.54) is 11.2 Å². The summed E-state index contributed by atoms with van der Waals surface area (Å²) in [6, 6.07) is -0.197. The summed E-state index contributed by atoms with van der Waals surface area (Å²) in [6.45, 7) is 7.59. The van der Waals surface area contributed by atoms with Gasteiger partial charge in [0.25, 0.3) is 0 Å². The monoisotopic (exact) mass is 317 g/mol. The molecule has 8 heteroatoms. The maximum absolute atomic E-state index is 12.8. The fourth-order valence-electron chi connectivity index (χ4n) is 2.09. The molecule has 1 heterocycles. The molecule has 0 bridgehead atoms. The van der Waals surface area contributed by atoms with Crippen molar-refractivity contribution in [2.24, 2.45) is 0 Å². The van der Waals surface area contributed by atoms with Crippen molar-refractivity contribution in [3.8, 4) is 0 Å². The van der Waals surface area contributed by atoms with Crippen molar-refractivity contribution in [1.82, 2.24) is 14.5 Å². The van der Waals surface area contributed by atoms with Gasteiger partial charge in [0.15, 0.2) is 5.69 Å². The number of aromatic carboxylic acids is 1. The number of hydrogen-bond acceptors (Lipinski definition) is 4. The molecule has 120 valence electrons. The van der Waals surface area contributed by atoms with Crippen LogP contribution in [0.3, 0.4) is 0 Å². The molecule has 0 radical (unpaired) electrons. The van der Waals surface area contributed by atoms with Gasteiger partial charge >= 0.3 is 5.97 Å². The average Bonchev–Trinajstić information content (AvgIpc) is 2.81. The Morgan fingerprint density at radius 2 is 2.05 bits per heavy atom. The van der Waals surface area contributed by atoms with Gasteiger partial charge in [0.1, 0.15) is 4.90 Å². The lowest BCUT2D eigenvalue weighted by atomic mass is 10.2. The van der Waals surface area contributed by atoms with Gasteiger partial charge in [-0.2, -0.15) is 9.40 Å². The van der Waals surface area contributed by atoms with Crippen LogP contribution in [-0.4, -0.2) is 46.6 Å². The summed E-state index contributed by atoms with van der Waals surface area (Å²) in [5.41, 5.74) is -0.200. The molecule has 21 heavy (non-hydrogen) atoms. The van der Waals surface area contributed by atoms with Gasteiger partial charge in [0, 0.05) is 12.6 Å². The largest absolute Gasteiger partial charge is 0.476 e. The number of carboxylic acid groups (broad SMARTS) is 1. The van der Waals surface area contributed by atoms with Crippen LogP contribution < -0.4 is 0 Å². The van der Waals surface area contributed by atoms with Crippen LogP contribution in [0.1, 0.15) is 56.2 Å². The highest BCUT2D eigenvalue weighted by Gasteiger charge is 2.35. The number of nitrogens with one attached hydrogen (secondary N) is 1. The number of hydrogen-bond donors (Lipinski definition) is 2. The minimum Gasteiger partial charge on any atom is -0.476 e. The van der Waals surface area contributed by atoms with Gasteiger partial charge in [-0.3, -0.25) is 5.10 Å². The van der Waals surface area contributed by atoms with Crippen LogP contribution in [0.25, 0.3) is 0 Å². The SMILES string of the molecule is CCCCN(C(C)CC)S(=O)(=O)c1c(C(=O)O)n[nH]c1C. The summed E-state index contributed by atoms with van der Waals surface area (Å²) in [5.74, 6) is -1.35. The zero-order valence-corrected chi connectivity index (χ0v) is 13.7. The highest BCUT2D eigenvalue weighted by Crippen LogP contribution is 2.25. The highest BCUT2D eigenvalue weighted by molar-refractivity contribution is 7.89. The average molecular weight is 317 g/mol. The van der Waals surface area contributed by atoms with E-state index in [4.69, 9.17) is 5.11 Å². The zero-order valence-electron chi connectivity index (χ0n) is 12.9. The number of aromatic nitrogens is 2. The maximum Gasteiger partial charge on any atom is 0.357 e. The number of aryl methyl sites for hydroxylation is 1. The molecule has 0 amide bonds. The van der Waals surface area contributed by atoms with Crippen molar-refractivity contribution < 1.29 is 18.3 Å². The van der Waals surface area contributed by atoms with Crippen LogP contribution in [0.4, 0.5) is 0 Å². The van der Waals surface area contributed by atoms with E-state index < -0.39 is 21.7 Å². The van der Waals surface area contributed by atoms with Crippen LogP contribution in [0, 0.1) is 6.92 Å². The number of carboxylic acids is 1. The number of sulfonamides is 1. The van der Waals surface area contributed by atoms with Crippen molar-refractivity contribution in [1.29, 1.82) is 0 Å². The molecule has 1 unspecified atom stereocenters. The van der Waals surface area contributed by atoms with Crippen LogP contribution in [0.2, 0.25) is 0 Å². The number of unbranched alkanes of at least 4 members (excludes halogenated alkanes) is 1. The first-order chi connectivity index (χ1) is 9.77. The van der Waals surface area contributed by atoms with Crippen molar-refractivity contribution in [2.75, 3.05) is 6.54 Å². The summed E-state index contributed by atoms with van der Waals surface area (Å²) >= 11 is 0. The minimum atomic E-state index is -3.89. The molecule has 1 aromatic heterocycles. The molecule has 0 saturated carbocycles. The molecule has 7 nitrogen and oxygen atoms in total. The number of aromatic amines is 1. The van der Waals surface area contributed by atoms with Crippen molar-refractivity contribution in [3.05, 3.63) is 11.4 Å². The molecular formula is C13H23N3O4S. The van der Waals surface area contributed by atoms with E-state index in [2.05, 4.69) is 10.2 Å². The van der Waals surface area contributed by atoms with E-state index in [9.17, 15) is 13.2 Å². The number of H-pyrrole nitrogens is 1. The fourth-order valence-corrected chi connectivity index (χ4v) is 4.13. The molecule has 0 aliphatic carbocycles. The summed E-state index contributed by atoms with van der Waals surface area (Å²) < 4.78 is 27.1. The van der Waals surface area contributed by atoms with Crippen molar-refractivity contribution in [3.63, 3.8) is 0 Å². The summed E-state index contributed by atoms with van der Waals surface area (Å²) in [5, 5.41) is 15.2. The Morgan fingerprint density at radius 1 is 1.43 bits per heavy atom. The minimum absolute atomic E-state index is 0.197. The second kappa shape index (κ2) is 7.04. The van der Waals surface area contributed by atoms with E-state index in [0.29, 0.717) is 13.0 Å². The maximum atomic E-state index is 12.8. The fraction of sp³-hybridized carbons (Fsp3) is 0.692. The molecule has 0 aliphatic heterocycles. The Labute approximate surface area is 125 Å². The molecule has 0 fully saturated rings. The van der Waals surface area contributed by atoms with E-state index in [1.54, 1.807) is 0 Å². The molecular weight excluding hydrogens is 294 g/mol. The lowest BCUT2D eigenvalue weighted by Crippen LogP contribution is -2.39. The summed E-state index contributed by atoms with van der Waals surface area (Å²) in [6.07, 6.45) is 2.24. The topological polar surface area (TPSA) is 103 Å². The number of nitrogens with zero attached hydrogens (tertiary/aromatic N) is 2. The van der Waals surface area contributed by atoms with E-state index in [1.807, 2.05) is 20.8 Å². The third kappa shape index (κ3) is 3.62. The van der Waals surface area contributed by atoms with Crippen LogP contribution in [0.5, 0.6) is 0 Å². The second-order valence-electron chi connectivity index (χ2n) is 5.06. The van der Waals surface area contributed by atoms with E-state index in [-0.39, 0.29) is 16.6 Å². The first kappa shape index (κ1) is 17.6. The van der Waals surface area contributed by atoms with Gasteiger partial charge in [-0.1, -0.05) is 20.3 Å². The van der Waals surface area contributed by atoms with Crippen LogP contribution in [0.15, 0.2) is 4.90 Å². The summed E-state index contributed by atoms with van der Waals surface area (Å²) in [4.78, 5) is 11.0. The third-order valence-corrected chi connectivity index (χ3v) is 5.65. The van der Waals surface area contributed by atoms with E-state index in [0.717, 1.165) is 12.8 Å². The molecule has 0 aromatic carbocycles. The number of carbonyl (C=O) groups is 1. The van der Waals surface area contributed by atoms with Crippen molar-refractivity contribution >= 4 is 16.0 Å². The quantitative estimate of drug-likeness (QED) is 0.763. The second-order valence-corrected chi connectivity index (χ2v) is 6.89. The van der Waals surface area contributed by atoms with Gasteiger partial charge in [-0.05, 0) is 26.7 Å². The lowest BCUT2D eigenvalue weighted by Gasteiger charge is -2.27. The first-order valence-electron chi connectivity index (χ1n) is 7.07. The van der Waals surface area contributed by atoms with Crippen LogP contribution in [-0.2, 0) is 10.0 Å². The lowest BCUT2D eigenvalue weighted by molar-refractivity contribution is 0.0686. The summed E-state index contributed by atoms with van der Waals surface area (Å²) in [7, 11) is -3.89. The molecule has 0 spiro atoms. The van der Waals surface area contributed by atoms with Gasteiger partial charge in [0.2, 0.25) is 10.0 Å². The van der Waals surface area contributed by atoms with Gasteiger partial charge < -0.3 is 5.11 Å². The Kier molecular flexibility index (Phi) is 5.91.